The van der Waals surface area contributed by atoms with Gasteiger partial charge in [-0.05, 0) is 44.2 Å². The van der Waals surface area contributed by atoms with Crippen LogP contribution in [0.5, 0.6) is 0 Å². The topological polar surface area (TPSA) is 25.8 Å². The molecule has 0 aliphatic rings. The van der Waals surface area contributed by atoms with Crippen molar-refractivity contribution >= 4 is 38.4 Å². The summed E-state index contributed by atoms with van der Waals surface area (Å²) in [5.41, 5.74) is 4.21. The number of nitrogens with zero attached hydrogens (tertiary/aromatic N) is 2. The third-order valence-corrected chi connectivity index (χ3v) is 3.87. The molecule has 0 radical (unpaired) electrons. The number of benzene rings is 2. The molecule has 100 valence electrons. The van der Waals surface area contributed by atoms with E-state index in [2.05, 4.69) is 57.9 Å². The van der Waals surface area contributed by atoms with Crippen LogP contribution in [0.1, 0.15) is 11.1 Å². The van der Waals surface area contributed by atoms with E-state index in [0.29, 0.717) is 11.0 Å². The van der Waals surface area contributed by atoms with Gasteiger partial charge in [0.2, 0.25) is 0 Å². The Hall–Kier alpha value is -1.45. The highest BCUT2D eigenvalue weighted by Crippen LogP contribution is 2.27. The van der Waals surface area contributed by atoms with Gasteiger partial charge >= 0.3 is 0 Å². The molecule has 0 spiro atoms. The Bertz CT molecular complexity index is 795. The first-order chi connectivity index (χ1) is 9.52. The van der Waals surface area contributed by atoms with Gasteiger partial charge in [-0.15, -0.1) is 0 Å². The summed E-state index contributed by atoms with van der Waals surface area (Å²) in [6, 6.07) is 12.1. The summed E-state index contributed by atoms with van der Waals surface area (Å²) in [6.45, 7) is 4.13. The predicted octanol–water partition coefficient (Wildman–Crippen LogP) is 5.33. The highest BCUT2D eigenvalue weighted by molar-refractivity contribution is 9.10. The van der Waals surface area contributed by atoms with Crippen LogP contribution in [0.4, 0.5) is 0 Å². The first-order valence-corrected chi connectivity index (χ1v) is 7.41. The lowest BCUT2D eigenvalue weighted by molar-refractivity contribution is 1.22. The van der Waals surface area contributed by atoms with Crippen molar-refractivity contribution < 1.29 is 0 Å². The third-order valence-electron chi connectivity index (χ3n) is 3.09. The number of fused-ring (bicyclic) bond motifs is 1. The largest absolute Gasteiger partial charge is 0.228 e. The lowest BCUT2D eigenvalue weighted by Gasteiger charge is -2.07. The van der Waals surface area contributed by atoms with Gasteiger partial charge in [-0.2, -0.15) is 0 Å². The highest BCUT2D eigenvalue weighted by Gasteiger charge is 2.09. The average Bonchev–Trinajstić information content (AvgIpc) is 2.36. The molecular formula is C16H12BrClN2. The van der Waals surface area contributed by atoms with E-state index in [0.717, 1.165) is 20.9 Å². The third kappa shape index (κ3) is 2.56. The number of aryl methyl sites for hydroxylation is 2. The van der Waals surface area contributed by atoms with Crippen LogP contribution in [0.3, 0.4) is 0 Å². The normalized spacial score (nSPS) is 11.0. The molecule has 0 aliphatic carbocycles. The number of hydrogen-bond acceptors (Lipinski definition) is 2. The van der Waals surface area contributed by atoms with Crippen molar-refractivity contribution in [3.63, 3.8) is 0 Å². The standard InChI is InChI=1S/C16H12BrClN2/c1-9-5-10(2)7-11(6-9)16-19-14-8-12(17)3-4-13(14)15(18)20-16/h3-8H,1-2H3. The van der Waals surface area contributed by atoms with E-state index < -0.39 is 0 Å². The molecule has 0 N–H and O–H groups in total. The van der Waals surface area contributed by atoms with Crippen molar-refractivity contribution in [2.45, 2.75) is 13.8 Å². The number of hydrogen-bond donors (Lipinski definition) is 0. The second-order valence-electron chi connectivity index (χ2n) is 4.88. The van der Waals surface area contributed by atoms with Gasteiger partial charge in [-0.3, -0.25) is 0 Å². The molecule has 3 aromatic rings. The van der Waals surface area contributed by atoms with Crippen LogP contribution in [-0.2, 0) is 0 Å². The summed E-state index contributed by atoms with van der Waals surface area (Å²) in [5.74, 6) is 0.660. The van der Waals surface area contributed by atoms with Gasteiger partial charge in [0.1, 0.15) is 5.15 Å². The molecule has 0 atom stereocenters. The Morgan fingerprint density at radius 3 is 2.35 bits per heavy atom. The zero-order valence-electron chi connectivity index (χ0n) is 11.1. The first-order valence-electron chi connectivity index (χ1n) is 6.24. The maximum atomic E-state index is 6.28. The van der Waals surface area contributed by atoms with Crippen molar-refractivity contribution in [2.24, 2.45) is 0 Å². The van der Waals surface area contributed by atoms with Crippen molar-refractivity contribution in [3.8, 4) is 11.4 Å². The Kier molecular flexibility index (Phi) is 3.48. The van der Waals surface area contributed by atoms with E-state index in [1.807, 2.05) is 18.2 Å². The fraction of sp³-hybridized carbons (Fsp3) is 0.125. The Morgan fingerprint density at radius 1 is 0.950 bits per heavy atom. The number of aromatic nitrogens is 2. The summed E-state index contributed by atoms with van der Waals surface area (Å²) >= 11 is 9.74. The molecular weight excluding hydrogens is 336 g/mol. The van der Waals surface area contributed by atoms with Crippen molar-refractivity contribution in [2.75, 3.05) is 0 Å². The highest BCUT2D eigenvalue weighted by atomic mass is 79.9. The van der Waals surface area contributed by atoms with Crippen LogP contribution in [0.25, 0.3) is 22.3 Å². The van der Waals surface area contributed by atoms with Gasteiger partial charge in [-0.1, -0.05) is 44.7 Å². The first kappa shape index (κ1) is 13.5. The van der Waals surface area contributed by atoms with Crippen LogP contribution in [0, 0.1) is 13.8 Å². The molecule has 0 aliphatic heterocycles. The fourth-order valence-electron chi connectivity index (χ4n) is 2.30. The zero-order valence-corrected chi connectivity index (χ0v) is 13.5. The van der Waals surface area contributed by atoms with E-state index in [1.54, 1.807) is 0 Å². The monoisotopic (exact) mass is 346 g/mol. The molecule has 3 rings (SSSR count). The van der Waals surface area contributed by atoms with Gasteiger partial charge in [0.25, 0.3) is 0 Å². The zero-order chi connectivity index (χ0) is 14.3. The molecule has 0 bridgehead atoms. The van der Waals surface area contributed by atoms with Gasteiger partial charge in [0, 0.05) is 15.4 Å². The second kappa shape index (κ2) is 5.15. The fourth-order valence-corrected chi connectivity index (χ4v) is 2.89. The van der Waals surface area contributed by atoms with Crippen molar-refractivity contribution in [3.05, 3.63) is 57.2 Å². The molecule has 1 heterocycles. The summed E-state index contributed by atoms with van der Waals surface area (Å²) in [5, 5.41) is 1.35. The Labute approximate surface area is 131 Å². The molecule has 0 amide bonds. The van der Waals surface area contributed by atoms with Gasteiger partial charge in [-0.25, -0.2) is 9.97 Å². The predicted molar refractivity (Wildman–Crippen MR) is 87.2 cm³/mol. The number of rotatable bonds is 1. The minimum atomic E-state index is 0.483. The van der Waals surface area contributed by atoms with E-state index >= 15 is 0 Å². The SMILES string of the molecule is Cc1cc(C)cc(-c2nc(Cl)c3ccc(Br)cc3n2)c1. The van der Waals surface area contributed by atoms with E-state index in [1.165, 1.54) is 11.1 Å². The van der Waals surface area contributed by atoms with Gasteiger partial charge in [0.05, 0.1) is 5.52 Å². The molecule has 4 heteroatoms. The summed E-state index contributed by atoms with van der Waals surface area (Å²) in [4.78, 5) is 9.05. The molecule has 0 saturated carbocycles. The van der Waals surface area contributed by atoms with Crippen molar-refractivity contribution in [1.82, 2.24) is 9.97 Å². The summed E-state index contributed by atoms with van der Waals surface area (Å²) in [7, 11) is 0. The van der Waals surface area contributed by atoms with E-state index in [-0.39, 0.29) is 0 Å². The smallest absolute Gasteiger partial charge is 0.161 e. The van der Waals surface area contributed by atoms with Crippen LogP contribution in [0.15, 0.2) is 40.9 Å². The molecule has 0 saturated heterocycles. The maximum Gasteiger partial charge on any atom is 0.161 e. The van der Waals surface area contributed by atoms with Gasteiger partial charge in [0.15, 0.2) is 5.82 Å². The number of halogens is 2. The van der Waals surface area contributed by atoms with E-state index in [9.17, 15) is 0 Å². The molecule has 1 aromatic heterocycles. The lowest BCUT2D eigenvalue weighted by Crippen LogP contribution is -1.93. The minimum Gasteiger partial charge on any atom is -0.228 e. The quantitative estimate of drug-likeness (QED) is 0.556. The van der Waals surface area contributed by atoms with Crippen LogP contribution < -0.4 is 0 Å². The lowest BCUT2D eigenvalue weighted by atomic mass is 10.1. The maximum absolute atomic E-state index is 6.28. The molecule has 0 unspecified atom stereocenters. The van der Waals surface area contributed by atoms with Gasteiger partial charge < -0.3 is 0 Å². The van der Waals surface area contributed by atoms with E-state index in [4.69, 9.17) is 11.6 Å². The second-order valence-corrected chi connectivity index (χ2v) is 6.15. The molecule has 0 fully saturated rings. The van der Waals surface area contributed by atoms with Crippen LogP contribution in [-0.4, -0.2) is 9.97 Å². The summed E-state index contributed by atoms with van der Waals surface area (Å²) in [6.07, 6.45) is 0. The molecule has 20 heavy (non-hydrogen) atoms. The Morgan fingerprint density at radius 2 is 1.65 bits per heavy atom. The Balaban J connectivity index is 2.26. The summed E-state index contributed by atoms with van der Waals surface area (Å²) < 4.78 is 0.978. The molecule has 2 nitrogen and oxygen atoms in total. The molecule has 2 aromatic carbocycles. The average molecular weight is 348 g/mol. The van der Waals surface area contributed by atoms with Crippen LogP contribution in [0.2, 0.25) is 5.15 Å². The van der Waals surface area contributed by atoms with Crippen LogP contribution >= 0.6 is 27.5 Å². The minimum absolute atomic E-state index is 0.483. The van der Waals surface area contributed by atoms with Crippen molar-refractivity contribution in [1.29, 1.82) is 0 Å².